The number of carbonyl (C=O) groups excluding carboxylic acids is 1. The molecule has 4 nitrogen and oxygen atoms in total. The summed E-state index contributed by atoms with van der Waals surface area (Å²) < 4.78 is 0. The first-order chi connectivity index (χ1) is 11.0. The van der Waals surface area contributed by atoms with E-state index in [-0.39, 0.29) is 11.8 Å². The second kappa shape index (κ2) is 6.05. The molecule has 2 aromatic carbocycles. The summed E-state index contributed by atoms with van der Waals surface area (Å²) in [4.78, 5) is 14.4. The summed E-state index contributed by atoms with van der Waals surface area (Å²) in [5.74, 6) is -0.0808. The molecule has 0 saturated carbocycles. The summed E-state index contributed by atoms with van der Waals surface area (Å²) in [6, 6.07) is 13.4. The monoisotopic (exact) mass is 310 g/mol. The summed E-state index contributed by atoms with van der Waals surface area (Å²) in [6.45, 7) is 4.40. The summed E-state index contributed by atoms with van der Waals surface area (Å²) >= 11 is 0. The third-order valence-corrected chi connectivity index (χ3v) is 4.54. The molecule has 0 radical (unpaired) electrons. The number of aliphatic hydroxyl groups excluding tert-OH is 1. The Bertz CT molecular complexity index is 725. The molecule has 2 aromatic rings. The van der Waals surface area contributed by atoms with Gasteiger partial charge >= 0.3 is 0 Å². The molecule has 0 aromatic heterocycles. The standard InChI is InChI=1S/C19H22N2O2/c1-3-18(22)14-6-9-17-16(10-14)12(2)19(23)21(17)11-13-4-7-15(20)8-5-13/h4-10,12,18,22H,3,11,20H2,1-2H3. The number of carbonyl (C=O) groups is 1. The Hall–Kier alpha value is -2.33. The van der Waals surface area contributed by atoms with Crippen LogP contribution in [-0.4, -0.2) is 11.0 Å². The number of aliphatic hydroxyl groups is 1. The van der Waals surface area contributed by atoms with Gasteiger partial charge in [0.2, 0.25) is 5.91 Å². The highest BCUT2D eigenvalue weighted by Crippen LogP contribution is 2.39. The minimum atomic E-state index is -0.478. The van der Waals surface area contributed by atoms with Gasteiger partial charge in [-0.25, -0.2) is 0 Å². The molecule has 1 aliphatic heterocycles. The summed E-state index contributed by atoms with van der Waals surface area (Å²) in [6.07, 6.45) is 0.185. The Kier molecular flexibility index (Phi) is 4.09. The van der Waals surface area contributed by atoms with Gasteiger partial charge < -0.3 is 15.7 Å². The molecule has 1 amide bonds. The highest BCUT2D eigenvalue weighted by atomic mass is 16.3. The van der Waals surface area contributed by atoms with Gasteiger partial charge in [-0.2, -0.15) is 0 Å². The van der Waals surface area contributed by atoms with E-state index in [9.17, 15) is 9.90 Å². The second-order valence-corrected chi connectivity index (χ2v) is 6.13. The van der Waals surface area contributed by atoms with Crippen molar-refractivity contribution in [2.75, 3.05) is 10.6 Å². The SMILES string of the molecule is CCC(O)c1ccc2c(c1)C(C)C(=O)N2Cc1ccc(N)cc1. The Morgan fingerprint density at radius 2 is 1.91 bits per heavy atom. The van der Waals surface area contributed by atoms with Crippen molar-refractivity contribution in [2.45, 2.75) is 38.8 Å². The topological polar surface area (TPSA) is 66.6 Å². The minimum absolute atomic E-state index is 0.0972. The van der Waals surface area contributed by atoms with E-state index in [4.69, 9.17) is 5.73 Å². The van der Waals surface area contributed by atoms with Crippen molar-refractivity contribution < 1.29 is 9.90 Å². The molecule has 1 heterocycles. The van der Waals surface area contributed by atoms with E-state index >= 15 is 0 Å². The molecule has 3 rings (SSSR count). The number of nitrogens with two attached hydrogens (primary N) is 1. The maximum Gasteiger partial charge on any atom is 0.234 e. The number of anilines is 2. The lowest BCUT2D eigenvalue weighted by atomic mass is 9.98. The molecular weight excluding hydrogens is 288 g/mol. The average molecular weight is 310 g/mol. The van der Waals surface area contributed by atoms with Crippen LogP contribution in [-0.2, 0) is 11.3 Å². The Labute approximate surface area is 136 Å². The third-order valence-electron chi connectivity index (χ3n) is 4.54. The van der Waals surface area contributed by atoms with Crippen molar-refractivity contribution in [1.29, 1.82) is 0 Å². The van der Waals surface area contributed by atoms with Crippen LogP contribution in [0.25, 0.3) is 0 Å². The van der Waals surface area contributed by atoms with Gasteiger partial charge in [0.1, 0.15) is 0 Å². The predicted octanol–water partition coefficient (Wildman–Crippen LogP) is 3.36. The quantitative estimate of drug-likeness (QED) is 0.851. The van der Waals surface area contributed by atoms with Crippen LogP contribution in [0.1, 0.15) is 49.0 Å². The zero-order chi connectivity index (χ0) is 16.6. The molecule has 0 spiro atoms. The van der Waals surface area contributed by atoms with Crippen molar-refractivity contribution in [3.63, 3.8) is 0 Å². The smallest absolute Gasteiger partial charge is 0.234 e. The fraction of sp³-hybridized carbons (Fsp3) is 0.316. The zero-order valence-corrected chi connectivity index (χ0v) is 13.5. The van der Waals surface area contributed by atoms with Gasteiger partial charge in [0.05, 0.1) is 18.6 Å². The van der Waals surface area contributed by atoms with E-state index in [1.54, 1.807) is 0 Å². The summed E-state index contributed by atoms with van der Waals surface area (Å²) in [5, 5.41) is 10.0. The average Bonchev–Trinajstić information content (AvgIpc) is 2.80. The second-order valence-electron chi connectivity index (χ2n) is 6.13. The number of nitrogen functional groups attached to an aromatic ring is 1. The van der Waals surface area contributed by atoms with Crippen LogP contribution in [0.5, 0.6) is 0 Å². The maximum absolute atomic E-state index is 12.6. The number of amides is 1. The van der Waals surface area contributed by atoms with Crippen LogP contribution >= 0.6 is 0 Å². The van der Waals surface area contributed by atoms with E-state index in [2.05, 4.69) is 0 Å². The molecule has 2 atom stereocenters. The van der Waals surface area contributed by atoms with Crippen molar-refractivity contribution in [2.24, 2.45) is 0 Å². The number of rotatable bonds is 4. The van der Waals surface area contributed by atoms with E-state index < -0.39 is 6.10 Å². The van der Waals surface area contributed by atoms with Crippen molar-refractivity contribution >= 4 is 17.3 Å². The minimum Gasteiger partial charge on any atom is -0.399 e. The summed E-state index contributed by atoms with van der Waals surface area (Å²) in [7, 11) is 0. The Morgan fingerprint density at radius 3 is 2.57 bits per heavy atom. The van der Waals surface area contributed by atoms with Crippen LogP contribution in [0.3, 0.4) is 0 Å². The molecule has 2 unspecified atom stereocenters. The van der Waals surface area contributed by atoms with E-state index in [1.165, 1.54) is 0 Å². The molecule has 0 aliphatic carbocycles. The summed E-state index contributed by atoms with van der Waals surface area (Å²) in [5.41, 5.74) is 10.3. The first kappa shape index (κ1) is 15.6. The Balaban J connectivity index is 1.92. The number of nitrogens with zero attached hydrogens (tertiary/aromatic N) is 1. The van der Waals surface area contributed by atoms with Gasteiger partial charge in [-0.05, 0) is 48.2 Å². The number of benzene rings is 2. The number of hydrogen-bond donors (Lipinski definition) is 2. The van der Waals surface area contributed by atoms with Crippen LogP contribution in [0.4, 0.5) is 11.4 Å². The molecule has 0 fully saturated rings. The van der Waals surface area contributed by atoms with Gasteiger partial charge in [-0.1, -0.05) is 31.2 Å². The van der Waals surface area contributed by atoms with Gasteiger partial charge in [0.25, 0.3) is 0 Å². The normalized spacial score (nSPS) is 18.1. The lowest BCUT2D eigenvalue weighted by Crippen LogP contribution is -2.27. The van der Waals surface area contributed by atoms with Crippen molar-refractivity contribution in [3.05, 3.63) is 59.2 Å². The van der Waals surface area contributed by atoms with Gasteiger partial charge in [0.15, 0.2) is 0 Å². The van der Waals surface area contributed by atoms with Crippen LogP contribution in [0.15, 0.2) is 42.5 Å². The highest BCUT2D eigenvalue weighted by molar-refractivity contribution is 6.04. The molecule has 3 N–H and O–H groups in total. The molecule has 4 heteroatoms. The van der Waals surface area contributed by atoms with Gasteiger partial charge in [0, 0.05) is 11.4 Å². The van der Waals surface area contributed by atoms with E-state index in [0.717, 1.165) is 22.4 Å². The fourth-order valence-electron chi connectivity index (χ4n) is 3.06. The molecule has 0 bridgehead atoms. The molecule has 120 valence electrons. The first-order valence-electron chi connectivity index (χ1n) is 7.99. The largest absolute Gasteiger partial charge is 0.399 e. The maximum atomic E-state index is 12.6. The van der Waals surface area contributed by atoms with Gasteiger partial charge in [-0.15, -0.1) is 0 Å². The number of fused-ring (bicyclic) bond motifs is 1. The highest BCUT2D eigenvalue weighted by Gasteiger charge is 2.34. The van der Waals surface area contributed by atoms with Gasteiger partial charge in [-0.3, -0.25) is 4.79 Å². The zero-order valence-electron chi connectivity index (χ0n) is 13.5. The van der Waals surface area contributed by atoms with E-state index in [0.29, 0.717) is 18.7 Å². The van der Waals surface area contributed by atoms with Crippen LogP contribution in [0.2, 0.25) is 0 Å². The van der Waals surface area contributed by atoms with Crippen LogP contribution < -0.4 is 10.6 Å². The lowest BCUT2D eigenvalue weighted by Gasteiger charge is -2.18. The molecule has 1 aliphatic rings. The molecular formula is C19H22N2O2. The van der Waals surface area contributed by atoms with Crippen molar-refractivity contribution in [1.82, 2.24) is 0 Å². The van der Waals surface area contributed by atoms with Crippen molar-refractivity contribution in [3.8, 4) is 0 Å². The third kappa shape index (κ3) is 2.82. The van der Waals surface area contributed by atoms with Crippen LogP contribution in [0, 0.1) is 0 Å². The molecule has 23 heavy (non-hydrogen) atoms. The fourth-order valence-corrected chi connectivity index (χ4v) is 3.06. The predicted molar refractivity (Wildman–Crippen MR) is 92.2 cm³/mol. The number of hydrogen-bond acceptors (Lipinski definition) is 3. The Morgan fingerprint density at radius 1 is 1.22 bits per heavy atom. The first-order valence-corrected chi connectivity index (χ1v) is 7.99. The lowest BCUT2D eigenvalue weighted by molar-refractivity contribution is -0.119. The molecule has 0 saturated heterocycles. The van der Waals surface area contributed by atoms with E-state index in [1.807, 2.05) is 61.2 Å².